The first-order chi connectivity index (χ1) is 15.5. The van der Waals surface area contributed by atoms with E-state index in [-0.39, 0.29) is 40.7 Å². The molecule has 33 heavy (non-hydrogen) atoms. The molecule has 0 radical (unpaired) electrons. The van der Waals surface area contributed by atoms with Gasteiger partial charge < -0.3 is 19.4 Å². The Labute approximate surface area is 185 Å². The molecule has 0 unspecified atom stereocenters. The lowest BCUT2D eigenvalue weighted by atomic mass is 10.1. The van der Waals surface area contributed by atoms with Crippen LogP contribution in [0.4, 0.5) is 18.9 Å². The molecule has 3 aromatic rings. The van der Waals surface area contributed by atoms with Gasteiger partial charge in [-0.15, -0.1) is 13.2 Å². The molecule has 12 heteroatoms. The van der Waals surface area contributed by atoms with E-state index < -0.39 is 22.9 Å². The highest BCUT2D eigenvalue weighted by atomic mass is 19.4. The number of nitrogens with zero attached hydrogens (tertiary/aromatic N) is 3. The second-order valence-corrected chi connectivity index (χ2v) is 7.10. The smallest absolute Gasteiger partial charge is 0.435 e. The molecule has 0 atom stereocenters. The molecule has 174 valence electrons. The Balaban J connectivity index is 2.02. The lowest BCUT2D eigenvalue weighted by molar-refractivity contribution is -0.384. The fraction of sp³-hybridized carbons (Fsp3) is 0.238. The molecular formula is C21H19F3N4O5. The molecule has 1 aromatic heterocycles. The lowest BCUT2D eigenvalue weighted by Gasteiger charge is -2.09. The van der Waals surface area contributed by atoms with E-state index in [0.29, 0.717) is 6.54 Å². The van der Waals surface area contributed by atoms with Gasteiger partial charge in [-0.3, -0.25) is 14.9 Å². The van der Waals surface area contributed by atoms with Crippen molar-refractivity contribution in [2.75, 3.05) is 27.2 Å². The number of nitro groups is 1. The van der Waals surface area contributed by atoms with E-state index in [2.05, 4.69) is 15.0 Å². The molecule has 1 amide bonds. The van der Waals surface area contributed by atoms with Crippen molar-refractivity contribution in [3.63, 3.8) is 0 Å². The second kappa shape index (κ2) is 9.69. The van der Waals surface area contributed by atoms with E-state index in [4.69, 9.17) is 4.42 Å². The molecule has 0 aliphatic carbocycles. The predicted molar refractivity (Wildman–Crippen MR) is 112 cm³/mol. The quantitative estimate of drug-likeness (QED) is 0.395. The zero-order valence-electron chi connectivity index (χ0n) is 17.5. The Morgan fingerprint density at radius 2 is 1.85 bits per heavy atom. The van der Waals surface area contributed by atoms with Crippen LogP contribution in [0.15, 0.2) is 52.9 Å². The number of nitro benzene ring substituents is 1. The molecule has 3 rings (SSSR count). The highest BCUT2D eigenvalue weighted by Crippen LogP contribution is 2.36. The van der Waals surface area contributed by atoms with Crippen LogP contribution in [-0.4, -0.2) is 54.3 Å². The van der Waals surface area contributed by atoms with Crippen LogP contribution in [0.25, 0.3) is 22.8 Å². The van der Waals surface area contributed by atoms with Crippen molar-refractivity contribution in [2.24, 2.45) is 0 Å². The van der Waals surface area contributed by atoms with Crippen LogP contribution in [0, 0.1) is 10.1 Å². The van der Waals surface area contributed by atoms with E-state index >= 15 is 0 Å². The number of oxazole rings is 1. The minimum Gasteiger partial charge on any atom is -0.435 e. The first-order valence-corrected chi connectivity index (χ1v) is 9.59. The Hall–Kier alpha value is -3.93. The van der Waals surface area contributed by atoms with Gasteiger partial charge in [-0.25, -0.2) is 4.98 Å². The number of aromatic nitrogens is 1. The van der Waals surface area contributed by atoms with Gasteiger partial charge in [-0.2, -0.15) is 0 Å². The van der Waals surface area contributed by atoms with Crippen LogP contribution < -0.4 is 10.1 Å². The van der Waals surface area contributed by atoms with Gasteiger partial charge in [0.1, 0.15) is 5.75 Å². The van der Waals surface area contributed by atoms with E-state index in [1.807, 2.05) is 19.0 Å². The largest absolute Gasteiger partial charge is 0.573 e. The van der Waals surface area contributed by atoms with Crippen LogP contribution >= 0.6 is 0 Å². The third-order valence-corrected chi connectivity index (χ3v) is 4.37. The minimum atomic E-state index is -4.85. The summed E-state index contributed by atoms with van der Waals surface area (Å²) in [6, 6.07) is 10.3. The molecule has 1 N–H and O–H groups in total. The van der Waals surface area contributed by atoms with Gasteiger partial charge in [0.05, 0.1) is 10.5 Å². The summed E-state index contributed by atoms with van der Waals surface area (Å²) in [6.07, 6.45) is -4.85. The topological polar surface area (TPSA) is 111 Å². The SMILES string of the molecule is CN(C)CCNC(=O)c1nc(-c2ccc(OC(F)(F)F)cc2)oc1-c1ccccc1[N+](=O)[O-]. The summed E-state index contributed by atoms with van der Waals surface area (Å²) < 4.78 is 46.7. The molecular weight excluding hydrogens is 445 g/mol. The van der Waals surface area contributed by atoms with Gasteiger partial charge in [-0.1, -0.05) is 12.1 Å². The summed E-state index contributed by atoms with van der Waals surface area (Å²) in [5.74, 6) is -1.29. The number of alkyl halides is 3. The monoisotopic (exact) mass is 464 g/mol. The van der Waals surface area contributed by atoms with Gasteiger partial charge in [0, 0.05) is 24.7 Å². The van der Waals surface area contributed by atoms with Crippen molar-refractivity contribution >= 4 is 11.6 Å². The Morgan fingerprint density at radius 3 is 2.45 bits per heavy atom. The first kappa shape index (κ1) is 23.7. The molecule has 0 saturated carbocycles. The molecule has 0 spiro atoms. The van der Waals surface area contributed by atoms with E-state index in [1.54, 1.807) is 6.07 Å². The molecule has 1 heterocycles. The number of para-hydroxylation sites is 1. The number of carbonyl (C=O) groups is 1. The van der Waals surface area contributed by atoms with Crippen molar-refractivity contribution < 1.29 is 32.0 Å². The van der Waals surface area contributed by atoms with Crippen molar-refractivity contribution in [1.82, 2.24) is 15.2 Å². The number of benzene rings is 2. The highest BCUT2D eigenvalue weighted by Gasteiger charge is 2.31. The number of likely N-dealkylation sites (N-methyl/N-ethyl adjacent to an activating group) is 1. The van der Waals surface area contributed by atoms with Gasteiger partial charge in [0.25, 0.3) is 11.6 Å². The summed E-state index contributed by atoms with van der Waals surface area (Å²) in [4.78, 5) is 29.7. The highest BCUT2D eigenvalue weighted by molar-refractivity contribution is 5.99. The van der Waals surface area contributed by atoms with Crippen LogP contribution in [0.2, 0.25) is 0 Å². The number of halogens is 3. The number of carbonyl (C=O) groups excluding carboxylic acids is 1. The van der Waals surface area contributed by atoms with E-state index in [1.165, 1.54) is 30.3 Å². The standard InChI is InChI=1S/C21H19F3N4O5/c1-27(2)12-11-25-19(29)17-18(15-5-3-4-6-16(15)28(30)31)32-20(26-17)13-7-9-14(10-8-13)33-21(22,23)24/h3-10H,11-12H2,1-2H3,(H,25,29). The molecule has 0 aliphatic rings. The van der Waals surface area contributed by atoms with Crippen LogP contribution in [0.1, 0.15) is 10.5 Å². The van der Waals surface area contributed by atoms with Crippen LogP contribution in [-0.2, 0) is 0 Å². The maximum Gasteiger partial charge on any atom is 0.573 e. The number of nitrogens with one attached hydrogen (secondary N) is 1. The molecule has 9 nitrogen and oxygen atoms in total. The van der Waals surface area contributed by atoms with E-state index in [0.717, 1.165) is 12.1 Å². The lowest BCUT2D eigenvalue weighted by Crippen LogP contribution is -2.31. The molecule has 0 bridgehead atoms. The Morgan fingerprint density at radius 1 is 1.18 bits per heavy atom. The molecule has 2 aromatic carbocycles. The predicted octanol–water partition coefficient (Wildman–Crippen LogP) is 4.11. The zero-order valence-corrected chi connectivity index (χ0v) is 17.5. The van der Waals surface area contributed by atoms with Gasteiger partial charge in [0.2, 0.25) is 5.89 Å². The second-order valence-electron chi connectivity index (χ2n) is 7.10. The number of hydrogen-bond acceptors (Lipinski definition) is 7. The maximum atomic E-state index is 12.8. The summed E-state index contributed by atoms with van der Waals surface area (Å²) in [6.45, 7) is 0.825. The summed E-state index contributed by atoms with van der Waals surface area (Å²) in [5, 5.41) is 14.2. The Bertz CT molecular complexity index is 1140. The minimum absolute atomic E-state index is 0.0380. The van der Waals surface area contributed by atoms with Gasteiger partial charge >= 0.3 is 6.36 Å². The number of rotatable bonds is 8. The van der Waals surface area contributed by atoms with Crippen LogP contribution in [0.3, 0.4) is 0 Å². The Kier molecular flexibility index (Phi) is 6.97. The summed E-state index contributed by atoms with van der Waals surface area (Å²) in [5.41, 5.74) is -0.196. The van der Waals surface area contributed by atoms with E-state index in [9.17, 15) is 28.1 Å². The average molecular weight is 464 g/mol. The number of amides is 1. The van der Waals surface area contributed by atoms with Gasteiger partial charge in [0.15, 0.2) is 11.5 Å². The normalized spacial score (nSPS) is 11.5. The summed E-state index contributed by atoms with van der Waals surface area (Å²) >= 11 is 0. The average Bonchev–Trinajstić information content (AvgIpc) is 3.18. The molecule has 0 fully saturated rings. The van der Waals surface area contributed by atoms with Gasteiger partial charge in [-0.05, 0) is 44.4 Å². The maximum absolute atomic E-state index is 12.8. The first-order valence-electron chi connectivity index (χ1n) is 9.59. The summed E-state index contributed by atoms with van der Waals surface area (Å²) in [7, 11) is 3.65. The third-order valence-electron chi connectivity index (χ3n) is 4.37. The van der Waals surface area contributed by atoms with Crippen molar-refractivity contribution in [3.8, 4) is 28.5 Å². The van der Waals surface area contributed by atoms with Crippen molar-refractivity contribution in [3.05, 3.63) is 64.3 Å². The fourth-order valence-corrected chi connectivity index (χ4v) is 2.88. The van der Waals surface area contributed by atoms with Crippen molar-refractivity contribution in [2.45, 2.75) is 6.36 Å². The zero-order chi connectivity index (χ0) is 24.2. The molecule has 0 saturated heterocycles. The van der Waals surface area contributed by atoms with Crippen LogP contribution in [0.5, 0.6) is 5.75 Å². The fourth-order valence-electron chi connectivity index (χ4n) is 2.88. The molecule has 0 aliphatic heterocycles. The van der Waals surface area contributed by atoms with Crippen molar-refractivity contribution in [1.29, 1.82) is 0 Å². The third kappa shape index (κ3) is 6.07. The number of hydrogen-bond donors (Lipinski definition) is 1. The number of ether oxygens (including phenoxy) is 1.